The molecule has 0 fully saturated rings. The van der Waals surface area contributed by atoms with Crippen LogP contribution in [0.1, 0.15) is 13.8 Å². The standard InChI is InChI=1S/C6H15ClOSi/c1-3-9(4-2)8-6-5-7/h9H,3-6H2,1-2H3. The molecule has 3 heteroatoms. The van der Waals surface area contributed by atoms with Gasteiger partial charge in [0.05, 0.1) is 0 Å². The molecule has 0 unspecified atom stereocenters. The second kappa shape index (κ2) is 6.58. The Bertz CT molecular complexity index is 57.0. The van der Waals surface area contributed by atoms with Gasteiger partial charge in [0.25, 0.3) is 0 Å². The smallest absolute Gasteiger partial charge is 0.176 e. The highest BCUT2D eigenvalue weighted by molar-refractivity contribution is 6.51. The average molecular weight is 167 g/mol. The number of rotatable bonds is 5. The molecular formula is C6H15ClOSi. The minimum Gasteiger partial charge on any atom is -0.419 e. The Balaban J connectivity index is 3.09. The van der Waals surface area contributed by atoms with Crippen molar-refractivity contribution in [1.29, 1.82) is 0 Å². The van der Waals surface area contributed by atoms with Crippen LogP contribution in [-0.2, 0) is 4.43 Å². The summed E-state index contributed by atoms with van der Waals surface area (Å²) < 4.78 is 5.50. The van der Waals surface area contributed by atoms with Crippen molar-refractivity contribution < 1.29 is 4.43 Å². The van der Waals surface area contributed by atoms with Crippen molar-refractivity contribution >= 4 is 20.6 Å². The Hall–Kier alpha value is 0.467. The van der Waals surface area contributed by atoms with Crippen LogP contribution in [0.4, 0.5) is 0 Å². The van der Waals surface area contributed by atoms with E-state index in [0.29, 0.717) is 5.88 Å². The van der Waals surface area contributed by atoms with Crippen molar-refractivity contribution in [2.45, 2.75) is 25.9 Å². The van der Waals surface area contributed by atoms with Crippen LogP contribution in [0.2, 0.25) is 12.1 Å². The first-order valence-electron chi connectivity index (χ1n) is 3.52. The molecule has 0 amide bonds. The summed E-state index contributed by atoms with van der Waals surface area (Å²) in [5.74, 6) is 0.642. The third kappa shape index (κ3) is 4.94. The summed E-state index contributed by atoms with van der Waals surface area (Å²) in [6.45, 7) is 5.13. The molecule has 0 N–H and O–H groups in total. The molecule has 0 aromatic rings. The fraction of sp³-hybridized carbons (Fsp3) is 1.00. The van der Waals surface area contributed by atoms with Gasteiger partial charge in [-0.05, 0) is 12.1 Å². The van der Waals surface area contributed by atoms with Gasteiger partial charge in [0.2, 0.25) is 0 Å². The molecule has 0 heterocycles. The van der Waals surface area contributed by atoms with Crippen LogP contribution < -0.4 is 0 Å². The molecule has 9 heavy (non-hydrogen) atoms. The number of hydrogen-bond acceptors (Lipinski definition) is 1. The minimum atomic E-state index is -0.794. The van der Waals surface area contributed by atoms with E-state index in [1.165, 1.54) is 12.1 Å². The zero-order chi connectivity index (χ0) is 7.11. The van der Waals surface area contributed by atoms with Crippen LogP contribution in [-0.4, -0.2) is 21.5 Å². The van der Waals surface area contributed by atoms with Crippen molar-refractivity contribution in [3.8, 4) is 0 Å². The van der Waals surface area contributed by atoms with Crippen molar-refractivity contribution in [2.24, 2.45) is 0 Å². The van der Waals surface area contributed by atoms with E-state index in [9.17, 15) is 0 Å². The van der Waals surface area contributed by atoms with Crippen LogP contribution >= 0.6 is 11.6 Å². The average Bonchev–Trinajstić information content (AvgIpc) is 1.91. The van der Waals surface area contributed by atoms with Gasteiger partial charge in [-0.1, -0.05) is 13.8 Å². The molecule has 56 valence electrons. The maximum absolute atomic E-state index is 5.50. The van der Waals surface area contributed by atoms with E-state index >= 15 is 0 Å². The fourth-order valence-electron chi connectivity index (χ4n) is 0.736. The Morgan fingerprint density at radius 1 is 1.33 bits per heavy atom. The van der Waals surface area contributed by atoms with E-state index in [0.717, 1.165) is 6.61 Å². The van der Waals surface area contributed by atoms with Gasteiger partial charge in [-0.25, -0.2) is 0 Å². The molecule has 0 spiro atoms. The number of hydrogen-bond donors (Lipinski definition) is 0. The molecule has 0 aliphatic heterocycles. The predicted octanol–water partition coefficient (Wildman–Crippen LogP) is 2.01. The first-order chi connectivity index (χ1) is 4.35. The molecule has 0 aliphatic carbocycles. The first-order valence-corrected chi connectivity index (χ1v) is 6.16. The highest BCUT2D eigenvalue weighted by atomic mass is 35.5. The fourth-order valence-corrected chi connectivity index (χ4v) is 2.47. The van der Waals surface area contributed by atoms with Crippen LogP contribution in [0, 0.1) is 0 Å². The van der Waals surface area contributed by atoms with Gasteiger partial charge < -0.3 is 4.43 Å². The van der Waals surface area contributed by atoms with Gasteiger partial charge in [0.15, 0.2) is 9.04 Å². The third-order valence-electron chi connectivity index (χ3n) is 1.34. The Labute approximate surface area is 64.1 Å². The lowest BCUT2D eigenvalue weighted by Crippen LogP contribution is -2.16. The Morgan fingerprint density at radius 2 is 1.89 bits per heavy atom. The maximum atomic E-state index is 5.50. The molecule has 0 aromatic carbocycles. The van der Waals surface area contributed by atoms with E-state index in [1.807, 2.05) is 0 Å². The van der Waals surface area contributed by atoms with Crippen LogP contribution in [0.15, 0.2) is 0 Å². The van der Waals surface area contributed by atoms with E-state index in [-0.39, 0.29) is 0 Å². The van der Waals surface area contributed by atoms with Crippen molar-refractivity contribution in [2.75, 3.05) is 12.5 Å². The summed E-state index contributed by atoms with van der Waals surface area (Å²) in [4.78, 5) is 0. The van der Waals surface area contributed by atoms with Gasteiger partial charge >= 0.3 is 0 Å². The summed E-state index contributed by atoms with van der Waals surface area (Å²) >= 11 is 5.46. The van der Waals surface area contributed by atoms with E-state index in [1.54, 1.807) is 0 Å². The minimum absolute atomic E-state index is 0.642. The largest absolute Gasteiger partial charge is 0.419 e. The van der Waals surface area contributed by atoms with Crippen LogP contribution in [0.3, 0.4) is 0 Å². The van der Waals surface area contributed by atoms with Gasteiger partial charge in [-0.15, -0.1) is 11.6 Å². The normalized spacial score (nSPS) is 10.7. The second-order valence-corrected chi connectivity index (χ2v) is 5.59. The molecule has 0 saturated heterocycles. The lowest BCUT2D eigenvalue weighted by Gasteiger charge is -2.09. The zero-order valence-electron chi connectivity index (χ0n) is 6.19. The lowest BCUT2D eigenvalue weighted by atomic mass is 10.9. The van der Waals surface area contributed by atoms with Crippen LogP contribution in [0.25, 0.3) is 0 Å². The molecule has 1 nitrogen and oxygen atoms in total. The van der Waals surface area contributed by atoms with E-state index < -0.39 is 9.04 Å². The molecule has 0 saturated carbocycles. The second-order valence-electron chi connectivity index (χ2n) is 2.00. The monoisotopic (exact) mass is 166 g/mol. The summed E-state index contributed by atoms with van der Waals surface area (Å²) in [5, 5.41) is 0. The summed E-state index contributed by atoms with van der Waals surface area (Å²) in [7, 11) is -0.794. The lowest BCUT2D eigenvalue weighted by molar-refractivity contribution is 0.345. The molecule has 0 radical (unpaired) electrons. The Kier molecular flexibility index (Phi) is 6.93. The van der Waals surface area contributed by atoms with Crippen LogP contribution in [0.5, 0.6) is 0 Å². The SMILES string of the molecule is CC[SiH](CC)OCCCl. The highest BCUT2D eigenvalue weighted by Crippen LogP contribution is 1.99. The van der Waals surface area contributed by atoms with Crippen molar-refractivity contribution in [1.82, 2.24) is 0 Å². The molecule has 0 bridgehead atoms. The topological polar surface area (TPSA) is 9.23 Å². The predicted molar refractivity (Wildman–Crippen MR) is 44.8 cm³/mol. The quantitative estimate of drug-likeness (QED) is 0.449. The summed E-state index contributed by atoms with van der Waals surface area (Å²) in [6, 6.07) is 2.46. The van der Waals surface area contributed by atoms with Gasteiger partial charge in [-0.2, -0.15) is 0 Å². The molecule has 0 aromatic heterocycles. The van der Waals surface area contributed by atoms with Gasteiger partial charge in [0, 0.05) is 12.5 Å². The summed E-state index contributed by atoms with van der Waals surface area (Å²) in [5.41, 5.74) is 0. The molecule has 0 atom stereocenters. The Morgan fingerprint density at radius 3 is 2.22 bits per heavy atom. The van der Waals surface area contributed by atoms with Crippen molar-refractivity contribution in [3.63, 3.8) is 0 Å². The van der Waals surface area contributed by atoms with E-state index in [2.05, 4.69) is 13.8 Å². The molecular weight excluding hydrogens is 152 g/mol. The molecule has 0 rings (SSSR count). The number of halogens is 1. The zero-order valence-corrected chi connectivity index (χ0v) is 8.10. The summed E-state index contributed by atoms with van der Waals surface area (Å²) in [6.07, 6.45) is 0. The van der Waals surface area contributed by atoms with Gasteiger partial charge in [-0.3, -0.25) is 0 Å². The van der Waals surface area contributed by atoms with Crippen molar-refractivity contribution in [3.05, 3.63) is 0 Å². The van der Waals surface area contributed by atoms with Gasteiger partial charge in [0.1, 0.15) is 0 Å². The maximum Gasteiger partial charge on any atom is 0.176 e. The number of alkyl halides is 1. The van der Waals surface area contributed by atoms with E-state index in [4.69, 9.17) is 16.0 Å². The molecule has 0 aliphatic rings. The first kappa shape index (κ1) is 9.47. The highest BCUT2D eigenvalue weighted by Gasteiger charge is 2.03. The third-order valence-corrected chi connectivity index (χ3v) is 4.02.